The Morgan fingerprint density at radius 2 is 2.18 bits per heavy atom. The van der Waals surface area contributed by atoms with Gasteiger partial charge in [0.2, 0.25) is 5.91 Å². The zero-order valence-corrected chi connectivity index (χ0v) is 11.0. The maximum absolute atomic E-state index is 11.4. The summed E-state index contributed by atoms with van der Waals surface area (Å²) < 4.78 is 5.35. The van der Waals surface area contributed by atoms with E-state index in [4.69, 9.17) is 16.3 Å². The number of halogens is 1. The Morgan fingerprint density at radius 1 is 1.47 bits per heavy atom. The molecule has 94 valence electrons. The van der Waals surface area contributed by atoms with Crippen molar-refractivity contribution in [2.24, 2.45) is 0 Å². The van der Waals surface area contributed by atoms with Crippen LogP contribution < -0.4 is 5.32 Å². The van der Waals surface area contributed by atoms with Gasteiger partial charge >= 0.3 is 0 Å². The first-order valence-electron chi connectivity index (χ1n) is 5.73. The molecule has 0 aromatic heterocycles. The Balaban J connectivity index is 2.60. The number of methoxy groups -OCH3 is 1. The first-order chi connectivity index (χ1) is 8.19. The lowest BCUT2D eigenvalue weighted by Crippen LogP contribution is -2.28. The second-order valence-electron chi connectivity index (χ2n) is 3.80. The fourth-order valence-electron chi connectivity index (χ4n) is 1.58. The lowest BCUT2D eigenvalue weighted by Gasteiger charge is -2.17. The number of hydrogen-bond donors (Lipinski definition) is 1. The van der Waals surface area contributed by atoms with Gasteiger partial charge in [-0.15, -0.1) is 0 Å². The Hall–Kier alpha value is -1.06. The van der Waals surface area contributed by atoms with Crippen LogP contribution in [0.2, 0.25) is 5.02 Å². The van der Waals surface area contributed by atoms with Gasteiger partial charge in [0.05, 0.1) is 0 Å². The van der Waals surface area contributed by atoms with Crippen LogP contribution in [0.15, 0.2) is 24.3 Å². The molecule has 3 nitrogen and oxygen atoms in total. The average Bonchev–Trinajstić information content (AvgIpc) is 2.32. The smallest absolute Gasteiger partial charge is 0.220 e. The Kier molecular flexibility index (Phi) is 6.01. The van der Waals surface area contributed by atoms with Crippen molar-refractivity contribution in [2.45, 2.75) is 25.9 Å². The van der Waals surface area contributed by atoms with Gasteiger partial charge in [-0.25, -0.2) is 0 Å². The summed E-state index contributed by atoms with van der Waals surface area (Å²) in [5.41, 5.74) is 0.897. The summed E-state index contributed by atoms with van der Waals surface area (Å²) in [6.07, 6.45) is 1.18. The quantitative estimate of drug-likeness (QED) is 0.849. The molecular formula is C13H18ClNO2. The van der Waals surface area contributed by atoms with Crippen LogP contribution in [0, 0.1) is 0 Å². The van der Waals surface area contributed by atoms with Gasteiger partial charge in [-0.1, -0.05) is 36.7 Å². The number of amides is 1. The summed E-state index contributed by atoms with van der Waals surface area (Å²) in [5.74, 6) is 0.0432. The number of rotatable bonds is 6. The third kappa shape index (κ3) is 4.36. The lowest BCUT2D eigenvalue weighted by atomic mass is 10.1. The Morgan fingerprint density at radius 3 is 2.76 bits per heavy atom. The molecule has 0 aliphatic carbocycles. The van der Waals surface area contributed by atoms with E-state index in [1.165, 1.54) is 0 Å². The molecule has 0 saturated heterocycles. The topological polar surface area (TPSA) is 38.3 Å². The van der Waals surface area contributed by atoms with E-state index in [0.29, 0.717) is 18.0 Å². The second kappa shape index (κ2) is 7.30. The van der Waals surface area contributed by atoms with Crippen molar-refractivity contribution in [3.63, 3.8) is 0 Å². The third-order valence-corrected chi connectivity index (χ3v) is 2.84. The molecule has 0 spiro atoms. The Labute approximate surface area is 107 Å². The van der Waals surface area contributed by atoms with Gasteiger partial charge in [0.25, 0.3) is 0 Å². The minimum Gasteiger partial charge on any atom is -0.375 e. The number of hydrogen-bond acceptors (Lipinski definition) is 2. The van der Waals surface area contributed by atoms with Gasteiger partial charge < -0.3 is 10.1 Å². The molecule has 0 bridgehead atoms. The molecule has 1 aromatic carbocycles. The second-order valence-corrected chi connectivity index (χ2v) is 4.21. The first-order valence-corrected chi connectivity index (χ1v) is 6.10. The summed E-state index contributed by atoms with van der Waals surface area (Å²) in [6.45, 7) is 2.42. The maximum atomic E-state index is 11.4. The predicted octanol–water partition coefficient (Wildman–Crippen LogP) is 2.94. The van der Waals surface area contributed by atoms with E-state index in [2.05, 4.69) is 5.32 Å². The van der Waals surface area contributed by atoms with Gasteiger partial charge in [0.15, 0.2) is 0 Å². The average molecular weight is 256 g/mol. The van der Waals surface area contributed by atoms with Crippen LogP contribution in [0.1, 0.15) is 31.4 Å². The van der Waals surface area contributed by atoms with Crippen LogP contribution in [0.3, 0.4) is 0 Å². The van der Waals surface area contributed by atoms with Gasteiger partial charge in [0, 0.05) is 30.7 Å². The van der Waals surface area contributed by atoms with Crippen molar-refractivity contribution in [2.75, 3.05) is 13.7 Å². The minimum absolute atomic E-state index is 0.0432. The SMILES string of the molecule is CCCC(=O)NC[C@@H](OC)c1ccccc1Cl. The summed E-state index contributed by atoms with van der Waals surface area (Å²) in [4.78, 5) is 11.4. The fraction of sp³-hybridized carbons (Fsp3) is 0.462. The largest absolute Gasteiger partial charge is 0.375 e. The van der Waals surface area contributed by atoms with Gasteiger partial charge in [0.1, 0.15) is 6.10 Å². The number of nitrogens with one attached hydrogen (secondary N) is 1. The normalized spacial score (nSPS) is 12.2. The van der Waals surface area contributed by atoms with Gasteiger partial charge in [-0.3, -0.25) is 4.79 Å². The first kappa shape index (κ1) is 14.0. The highest BCUT2D eigenvalue weighted by Crippen LogP contribution is 2.24. The van der Waals surface area contributed by atoms with E-state index < -0.39 is 0 Å². The maximum Gasteiger partial charge on any atom is 0.220 e. The minimum atomic E-state index is -0.204. The molecule has 1 rings (SSSR count). The van der Waals surface area contributed by atoms with Crippen LogP contribution in [0.25, 0.3) is 0 Å². The van der Waals surface area contributed by atoms with E-state index in [9.17, 15) is 4.79 Å². The summed E-state index contributed by atoms with van der Waals surface area (Å²) >= 11 is 6.08. The van der Waals surface area contributed by atoms with E-state index in [0.717, 1.165) is 12.0 Å². The molecule has 0 saturated carbocycles. The molecule has 0 aliphatic heterocycles. The molecule has 0 aliphatic rings. The number of ether oxygens (including phenoxy) is 1. The molecule has 0 heterocycles. The molecule has 1 N–H and O–H groups in total. The van der Waals surface area contributed by atoms with Gasteiger partial charge in [-0.05, 0) is 12.5 Å². The van der Waals surface area contributed by atoms with Crippen molar-refractivity contribution in [3.05, 3.63) is 34.9 Å². The van der Waals surface area contributed by atoms with Crippen LogP contribution in [-0.4, -0.2) is 19.6 Å². The third-order valence-electron chi connectivity index (χ3n) is 2.50. The number of carbonyl (C=O) groups is 1. The van der Waals surface area contributed by atoms with Crippen molar-refractivity contribution < 1.29 is 9.53 Å². The number of carbonyl (C=O) groups excluding carboxylic acids is 1. The monoisotopic (exact) mass is 255 g/mol. The van der Waals surface area contributed by atoms with Crippen molar-refractivity contribution >= 4 is 17.5 Å². The standard InChI is InChI=1S/C13H18ClNO2/c1-3-6-13(16)15-9-12(17-2)10-7-4-5-8-11(10)14/h4-5,7-8,12H,3,6,9H2,1-2H3,(H,15,16)/t12-/m1/s1. The Bertz CT molecular complexity index is 368. The molecule has 0 fully saturated rings. The van der Waals surface area contributed by atoms with Crippen molar-refractivity contribution in [1.82, 2.24) is 5.32 Å². The summed E-state index contributed by atoms with van der Waals surface area (Å²) in [7, 11) is 1.61. The molecule has 4 heteroatoms. The molecule has 1 amide bonds. The number of benzene rings is 1. The highest BCUT2D eigenvalue weighted by Gasteiger charge is 2.14. The summed E-state index contributed by atoms with van der Waals surface area (Å²) in [5, 5.41) is 3.49. The fourth-order valence-corrected chi connectivity index (χ4v) is 1.84. The van der Waals surface area contributed by atoms with Crippen LogP contribution >= 0.6 is 11.6 Å². The van der Waals surface area contributed by atoms with E-state index in [-0.39, 0.29) is 12.0 Å². The predicted molar refractivity (Wildman–Crippen MR) is 69.1 cm³/mol. The molecule has 0 unspecified atom stereocenters. The molecular weight excluding hydrogens is 238 g/mol. The van der Waals surface area contributed by atoms with E-state index in [1.54, 1.807) is 7.11 Å². The van der Waals surface area contributed by atoms with Gasteiger partial charge in [-0.2, -0.15) is 0 Å². The zero-order chi connectivity index (χ0) is 12.7. The molecule has 0 radical (unpaired) electrons. The molecule has 1 atom stereocenters. The van der Waals surface area contributed by atoms with Crippen LogP contribution in [0.5, 0.6) is 0 Å². The van der Waals surface area contributed by atoms with Crippen LogP contribution in [0.4, 0.5) is 0 Å². The van der Waals surface area contributed by atoms with Crippen LogP contribution in [-0.2, 0) is 9.53 Å². The molecule has 17 heavy (non-hydrogen) atoms. The lowest BCUT2D eigenvalue weighted by molar-refractivity contribution is -0.121. The highest BCUT2D eigenvalue weighted by molar-refractivity contribution is 6.31. The van der Waals surface area contributed by atoms with E-state index in [1.807, 2.05) is 31.2 Å². The van der Waals surface area contributed by atoms with Crippen molar-refractivity contribution in [1.29, 1.82) is 0 Å². The zero-order valence-electron chi connectivity index (χ0n) is 10.2. The van der Waals surface area contributed by atoms with Crippen molar-refractivity contribution in [3.8, 4) is 0 Å². The summed E-state index contributed by atoms with van der Waals surface area (Å²) in [6, 6.07) is 7.49. The highest BCUT2D eigenvalue weighted by atomic mass is 35.5. The van der Waals surface area contributed by atoms with E-state index >= 15 is 0 Å². The molecule has 1 aromatic rings.